The van der Waals surface area contributed by atoms with Crippen molar-refractivity contribution in [1.82, 2.24) is 0 Å². The standard InChI is InChI=1S/C23H23ClN2O3S/c1-16-7-13-22(17(2)15-16)26-30(28,29)20-11-9-19(10-12-20)25-23(27)14-8-18-5-3-4-6-21(18)24/h3-7,9-13,15,26H,8,14H2,1-2H3,(H,25,27). The maximum Gasteiger partial charge on any atom is 0.261 e. The van der Waals surface area contributed by atoms with Gasteiger partial charge in [0.1, 0.15) is 0 Å². The summed E-state index contributed by atoms with van der Waals surface area (Å²) in [5, 5.41) is 3.41. The Bertz CT molecular complexity index is 1160. The molecule has 0 aliphatic carbocycles. The third-order valence-corrected chi connectivity index (χ3v) is 6.40. The summed E-state index contributed by atoms with van der Waals surface area (Å²) in [7, 11) is -3.72. The zero-order valence-electron chi connectivity index (χ0n) is 16.8. The smallest absolute Gasteiger partial charge is 0.261 e. The number of carbonyl (C=O) groups is 1. The molecule has 0 atom stereocenters. The summed E-state index contributed by atoms with van der Waals surface area (Å²) in [6.45, 7) is 3.80. The number of amides is 1. The van der Waals surface area contributed by atoms with E-state index >= 15 is 0 Å². The van der Waals surface area contributed by atoms with E-state index in [1.165, 1.54) is 12.1 Å². The lowest BCUT2D eigenvalue weighted by atomic mass is 10.1. The molecule has 0 radical (unpaired) electrons. The highest BCUT2D eigenvalue weighted by Crippen LogP contribution is 2.22. The van der Waals surface area contributed by atoms with Crippen molar-refractivity contribution in [1.29, 1.82) is 0 Å². The average Bonchev–Trinajstić information content (AvgIpc) is 2.70. The van der Waals surface area contributed by atoms with Crippen molar-refractivity contribution in [3.05, 3.63) is 88.4 Å². The number of nitrogens with one attached hydrogen (secondary N) is 2. The van der Waals surface area contributed by atoms with Crippen LogP contribution in [0, 0.1) is 13.8 Å². The predicted molar refractivity (Wildman–Crippen MR) is 122 cm³/mol. The zero-order valence-corrected chi connectivity index (χ0v) is 18.3. The first kappa shape index (κ1) is 21.9. The number of hydrogen-bond acceptors (Lipinski definition) is 3. The number of sulfonamides is 1. The number of halogens is 1. The van der Waals surface area contributed by atoms with Crippen molar-refractivity contribution in [2.75, 3.05) is 10.0 Å². The number of carbonyl (C=O) groups excluding carboxylic acids is 1. The number of anilines is 2. The van der Waals surface area contributed by atoms with Gasteiger partial charge in [0.25, 0.3) is 10.0 Å². The van der Waals surface area contributed by atoms with E-state index in [0.717, 1.165) is 16.7 Å². The van der Waals surface area contributed by atoms with Crippen LogP contribution in [-0.2, 0) is 21.2 Å². The lowest BCUT2D eigenvalue weighted by Gasteiger charge is -2.12. The van der Waals surface area contributed by atoms with Crippen LogP contribution in [-0.4, -0.2) is 14.3 Å². The second-order valence-electron chi connectivity index (χ2n) is 7.09. The van der Waals surface area contributed by atoms with E-state index in [4.69, 9.17) is 11.6 Å². The maximum atomic E-state index is 12.7. The second-order valence-corrected chi connectivity index (χ2v) is 9.18. The van der Waals surface area contributed by atoms with E-state index in [2.05, 4.69) is 10.0 Å². The molecule has 2 N–H and O–H groups in total. The molecule has 7 heteroatoms. The fourth-order valence-electron chi connectivity index (χ4n) is 3.02. The van der Waals surface area contributed by atoms with Gasteiger partial charge in [-0.25, -0.2) is 8.42 Å². The zero-order chi connectivity index (χ0) is 21.7. The molecule has 0 saturated carbocycles. The SMILES string of the molecule is Cc1ccc(NS(=O)(=O)c2ccc(NC(=O)CCc3ccccc3Cl)cc2)c(C)c1. The monoisotopic (exact) mass is 442 g/mol. The largest absolute Gasteiger partial charge is 0.326 e. The Morgan fingerprint density at radius 1 is 0.967 bits per heavy atom. The summed E-state index contributed by atoms with van der Waals surface area (Å²) in [4.78, 5) is 12.3. The van der Waals surface area contributed by atoms with E-state index in [0.29, 0.717) is 22.8 Å². The first-order valence-electron chi connectivity index (χ1n) is 9.48. The average molecular weight is 443 g/mol. The molecule has 3 rings (SSSR count). The maximum absolute atomic E-state index is 12.7. The minimum absolute atomic E-state index is 0.122. The summed E-state index contributed by atoms with van der Waals surface area (Å²) in [5.74, 6) is -0.168. The van der Waals surface area contributed by atoms with Crippen molar-refractivity contribution in [2.24, 2.45) is 0 Å². The number of aryl methyl sites for hydroxylation is 3. The highest BCUT2D eigenvalue weighted by Gasteiger charge is 2.15. The lowest BCUT2D eigenvalue weighted by molar-refractivity contribution is -0.116. The highest BCUT2D eigenvalue weighted by molar-refractivity contribution is 7.92. The number of benzene rings is 3. The molecule has 3 aromatic carbocycles. The molecule has 0 aliphatic rings. The molecule has 0 fully saturated rings. The lowest BCUT2D eigenvalue weighted by Crippen LogP contribution is -2.15. The van der Waals surface area contributed by atoms with E-state index in [1.807, 2.05) is 44.2 Å². The van der Waals surface area contributed by atoms with Crippen LogP contribution in [0.1, 0.15) is 23.1 Å². The van der Waals surface area contributed by atoms with E-state index in [1.54, 1.807) is 24.3 Å². The van der Waals surface area contributed by atoms with Crippen molar-refractivity contribution < 1.29 is 13.2 Å². The van der Waals surface area contributed by atoms with E-state index in [-0.39, 0.29) is 17.2 Å². The molecule has 0 aromatic heterocycles. The molecule has 0 heterocycles. The van der Waals surface area contributed by atoms with Gasteiger partial charge < -0.3 is 5.32 Å². The quantitative estimate of drug-likeness (QED) is 0.519. The molecule has 0 saturated heterocycles. The molecule has 0 spiro atoms. The Labute approximate surface area is 182 Å². The van der Waals surface area contributed by atoms with E-state index < -0.39 is 10.0 Å². The molecular weight excluding hydrogens is 420 g/mol. The van der Waals surface area contributed by atoms with Gasteiger partial charge in [-0.2, -0.15) is 0 Å². The van der Waals surface area contributed by atoms with Gasteiger partial charge in [0, 0.05) is 17.1 Å². The number of hydrogen-bond donors (Lipinski definition) is 2. The Balaban J connectivity index is 1.62. The van der Waals surface area contributed by atoms with Crippen LogP contribution in [0.15, 0.2) is 71.6 Å². The van der Waals surface area contributed by atoms with Gasteiger partial charge in [-0.15, -0.1) is 0 Å². The van der Waals surface area contributed by atoms with Crippen LogP contribution in [0.25, 0.3) is 0 Å². The van der Waals surface area contributed by atoms with Gasteiger partial charge in [-0.3, -0.25) is 9.52 Å². The third-order valence-electron chi connectivity index (χ3n) is 4.65. The molecule has 156 valence electrons. The van der Waals surface area contributed by atoms with Gasteiger partial charge >= 0.3 is 0 Å². The first-order valence-corrected chi connectivity index (χ1v) is 11.3. The van der Waals surface area contributed by atoms with E-state index in [9.17, 15) is 13.2 Å². The summed E-state index contributed by atoms with van der Waals surface area (Å²) in [6, 6.07) is 19.0. The van der Waals surface area contributed by atoms with Gasteiger partial charge in [-0.05, 0) is 67.8 Å². The van der Waals surface area contributed by atoms with Crippen LogP contribution in [0.4, 0.5) is 11.4 Å². The molecule has 1 amide bonds. The van der Waals surface area contributed by atoms with Crippen LogP contribution in [0.2, 0.25) is 5.02 Å². The topological polar surface area (TPSA) is 75.3 Å². The fraction of sp³-hybridized carbons (Fsp3) is 0.174. The van der Waals surface area contributed by atoms with Crippen molar-refractivity contribution in [2.45, 2.75) is 31.6 Å². The van der Waals surface area contributed by atoms with Gasteiger partial charge in [0.15, 0.2) is 0 Å². The molecule has 0 bridgehead atoms. The van der Waals surface area contributed by atoms with Crippen LogP contribution >= 0.6 is 11.6 Å². The highest BCUT2D eigenvalue weighted by atomic mass is 35.5. The Morgan fingerprint density at radius 3 is 2.33 bits per heavy atom. The summed E-state index contributed by atoms with van der Waals surface area (Å²) < 4.78 is 27.9. The predicted octanol–water partition coefficient (Wildman–Crippen LogP) is 5.33. The normalized spacial score (nSPS) is 11.2. The van der Waals surface area contributed by atoms with Crippen molar-refractivity contribution in [3.63, 3.8) is 0 Å². The molecule has 30 heavy (non-hydrogen) atoms. The Morgan fingerprint density at radius 2 is 1.67 bits per heavy atom. The number of rotatable bonds is 7. The Kier molecular flexibility index (Phi) is 6.80. The second kappa shape index (κ2) is 9.32. The van der Waals surface area contributed by atoms with Crippen LogP contribution < -0.4 is 10.0 Å². The summed E-state index contributed by atoms with van der Waals surface area (Å²) >= 11 is 6.11. The molecule has 0 unspecified atom stereocenters. The summed E-state index contributed by atoms with van der Waals surface area (Å²) in [6.07, 6.45) is 0.801. The fourth-order valence-corrected chi connectivity index (χ4v) is 4.38. The van der Waals surface area contributed by atoms with Gasteiger partial charge in [0.2, 0.25) is 5.91 Å². The molecule has 5 nitrogen and oxygen atoms in total. The molecule has 3 aromatic rings. The first-order chi connectivity index (χ1) is 14.2. The van der Waals surface area contributed by atoms with Gasteiger partial charge in [0.05, 0.1) is 10.6 Å². The third kappa shape index (κ3) is 5.62. The minimum atomic E-state index is -3.72. The van der Waals surface area contributed by atoms with Crippen LogP contribution in [0.5, 0.6) is 0 Å². The molecule has 0 aliphatic heterocycles. The van der Waals surface area contributed by atoms with Gasteiger partial charge in [-0.1, -0.05) is 47.5 Å². The Hall–Kier alpha value is -2.83. The minimum Gasteiger partial charge on any atom is -0.326 e. The van der Waals surface area contributed by atoms with Crippen LogP contribution in [0.3, 0.4) is 0 Å². The van der Waals surface area contributed by atoms with Crippen molar-refractivity contribution >= 4 is 38.9 Å². The van der Waals surface area contributed by atoms with Crippen molar-refractivity contribution in [3.8, 4) is 0 Å². The summed E-state index contributed by atoms with van der Waals surface area (Å²) in [5.41, 5.74) is 3.89. The molecular formula is C23H23ClN2O3S.